The molecule has 0 saturated carbocycles. The van der Waals surface area contributed by atoms with Crippen molar-refractivity contribution < 1.29 is 14.3 Å². The number of hydrogen-bond acceptors (Lipinski definition) is 4. The van der Waals surface area contributed by atoms with Gasteiger partial charge in [0.25, 0.3) is 0 Å². The number of β-lactam (4-membered cyclic amide) rings is 1. The zero-order valence-corrected chi connectivity index (χ0v) is 7.86. The van der Waals surface area contributed by atoms with E-state index in [0.29, 0.717) is 32.9 Å². The topological polar surface area (TPSA) is 64.8 Å². The van der Waals surface area contributed by atoms with Gasteiger partial charge in [0.2, 0.25) is 5.91 Å². The Kier molecular flexibility index (Phi) is 4.14. The summed E-state index contributed by atoms with van der Waals surface area (Å²) >= 11 is 0. The summed E-state index contributed by atoms with van der Waals surface area (Å²) in [5, 5.41) is 0. The average Bonchev–Trinajstić information content (AvgIpc) is 2.15. The highest BCUT2D eigenvalue weighted by Crippen LogP contribution is 2.06. The average molecular weight is 188 g/mol. The number of rotatable bonds is 6. The van der Waals surface area contributed by atoms with Crippen LogP contribution in [0.15, 0.2) is 0 Å². The van der Waals surface area contributed by atoms with Gasteiger partial charge in [0.1, 0.15) is 6.04 Å². The zero-order valence-electron chi connectivity index (χ0n) is 7.86. The third-order valence-electron chi connectivity index (χ3n) is 1.98. The maximum absolute atomic E-state index is 11.0. The van der Waals surface area contributed by atoms with Gasteiger partial charge in [0, 0.05) is 20.2 Å². The molecule has 1 heterocycles. The van der Waals surface area contributed by atoms with Gasteiger partial charge < -0.3 is 20.1 Å². The molecule has 1 atom stereocenters. The highest BCUT2D eigenvalue weighted by Gasteiger charge is 2.32. The van der Waals surface area contributed by atoms with Crippen LogP contribution in [-0.4, -0.2) is 56.9 Å². The molecule has 0 aromatic rings. The molecule has 5 nitrogen and oxygen atoms in total. The quantitative estimate of drug-likeness (QED) is 0.421. The van der Waals surface area contributed by atoms with E-state index in [-0.39, 0.29) is 11.9 Å². The summed E-state index contributed by atoms with van der Waals surface area (Å²) in [5.41, 5.74) is 5.41. The first-order chi connectivity index (χ1) is 6.25. The summed E-state index contributed by atoms with van der Waals surface area (Å²) in [4.78, 5) is 12.7. The SMILES string of the molecule is COCCOCCN1CC(N)C1=O. The van der Waals surface area contributed by atoms with Crippen molar-refractivity contribution in [1.82, 2.24) is 4.90 Å². The first-order valence-corrected chi connectivity index (χ1v) is 4.36. The van der Waals surface area contributed by atoms with Gasteiger partial charge in [-0.3, -0.25) is 4.79 Å². The van der Waals surface area contributed by atoms with Crippen molar-refractivity contribution in [1.29, 1.82) is 0 Å². The summed E-state index contributed by atoms with van der Waals surface area (Å²) in [6.07, 6.45) is 0. The number of nitrogens with zero attached hydrogens (tertiary/aromatic N) is 1. The molecule has 1 unspecified atom stereocenters. The Balaban J connectivity index is 1.92. The molecule has 0 radical (unpaired) electrons. The standard InChI is InChI=1S/C8H16N2O3/c1-12-4-5-13-3-2-10-6-7(9)8(10)11/h7H,2-6,9H2,1H3. The van der Waals surface area contributed by atoms with Gasteiger partial charge in [0.15, 0.2) is 0 Å². The van der Waals surface area contributed by atoms with Crippen LogP contribution in [0.25, 0.3) is 0 Å². The van der Waals surface area contributed by atoms with E-state index < -0.39 is 0 Å². The fourth-order valence-corrected chi connectivity index (χ4v) is 1.15. The minimum Gasteiger partial charge on any atom is -0.382 e. The van der Waals surface area contributed by atoms with Crippen LogP contribution in [0.1, 0.15) is 0 Å². The number of nitrogens with two attached hydrogens (primary N) is 1. The lowest BCUT2D eigenvalue weighted by Gasteiger charge is -2.35. The fourth-order valence-electron chi connectivity index (χ4n) is 1.15. The molecule has 2 N–H and O–H groups in total. The Morgan fingerprint density at radius 2 is 2.31 bits per heavy atom. The van der Waals surface area contributed by atoms with E-state index in [0.717, 1.165) is 0 Å². The number of carbonyl (C=O) groups excluding carboxylic acids is 1. The molecule has 5 heteroatoms. The number of likely N-dealkylation sites (tertiary alicyclic amines) is 1. The Morgan fingerprint density at radius 1 is 1.54 bits per heavy atom. The van der Waals surface area contributed by atoms with Crippen molar-refractivity contribution in [3.05, 3.63) is 0 Å². The summed E-state index contributed by atoms with van der Waals surface area (Å²) in [6.45, 7) is 3.02. The number of carbonyl (C=O) groups is 1. The molecule has 0 spiro atoms. The minimum absolute atomic E-state index is 0.0235. The van der Waals surface area contributed by atoms with Crippen molar-refractivity contribution >= 4 is 5.91 Å². The molecule has 1 aliphatic rings. The van der Waals surface area contributed by atoms with Crippen LogP contribution in [0, 0.1) is 0 Å². The molecule has 0 aromatic carbocycles. The first kappa shape index (κ1) is 10.4. The van der Waals surface area contributed by atoms with Crippen LogP contribution >= 0.6 is 0 Å². The maximum atomic E-state index is 11.0. The Labute approximate surface area is 77.8 Å². The van der Waals surface area contributed by atoms with Crippen LogP contribution in [0.4, 0.5) is 0 Å². The van der Waals surface area contributed by atoms with E-state index in [2.05, 4.69) is 0 Å². The molecule has 1 rings (SSSR count). The second kappa shape index (κ2) is 5.16. The van der Waals surface area contributed by atoms with Crippen LogP contribution in [0.2, 0.25) is 0 Å². The third-order valence-corrected chi connectivity index (χ3v) is 1.98. The van der Waals surface area contributed by atoms with Gasteiger partial charge in [-0.25, -0.2) is 0 Å². The third kappa shape index (κ3) is 2.95. The monoisotopic (exact) mass is 188 g/mol. The zero-order chi connectivity index (χ0) is 9.68. The number of hydrogen-bond donors (Lipinski definition) is 1. The number of methoxy groups -OCH3 is 1. The first-order valence-electron chi connectivity index (χ1n) is 4.36. The largest absolute Gasteiger partial charge is 0.382 e. The normalized spacial score (nSPS) is 21.8. The van der Waals surface area contributed by atoms with E-state index in [1.165, 1.54) is 0 Å². The second-order valence-electron chi connectivity index (χ2n) is 3.00. The predicted octanol–water partition coefficient (Wildman–Crippen LogP) is -1.18. The minimum atomic E-state index is -0.279. The van der Waals surface area contributed by atoms with Crippen LogP contribution in [0.3, 0.4) is 0 Å². The molecule has 13 heavy (non-hydrogen) atoms. The van der Waals surface area contributed by atoms with Crippen LogP contribution < -0.4 is 5.73 Å². The Morgan fingerprint density at radius 3 is 2.85 bits per heavy atom. The van der Waals surface area contributed by atoms with Gasteiger partial charge in [-0.1, -0.05) is 0 Å². The van der Waals surface area contributed by atoms with E-state index >= 15 is 0 Å². The molecule has 0 aliphatic carbocycles. The lowest BCUT2D eigenvalue weighted by Crippen LogP contribution is -2.61. The van der Waals surface area contributed by atoms with E-state index in [1.54, 1.807) is 12.0 Å². The molecule has 1 aliphatic heterocycles. The van der Waals surface area contributed by atoms with Crippen molar-refractivity contribution in [2.75, 3.05) is 40.0 Å². The van der Waals surface area contributed by atoms with Gasteiger partial charge in [-0.05, 0) is 0 Å². The van der Waals surface area contributed by atoms with E-state index in [1.807, 2.05) is 0 Å². The van der Waals surface area contributed by atoms with Crippen molar-refractivity contribution in [3.63, 3.8) is 0 Å². The van der Waals surface area contributed by atoms with E-state index in [9.17, 15) is 4.79 Å². The lowest BCUT2D eigenvalue weighted by atomic mass is 10.1. The summed E-state index contributed by atoms with van der Waals surface area (Å²) in [5.74, 6) is 0.0235. The molecule has 76 valence electrons. The molecule has 0 bridgehead atoms. The summed E-state index contributed by atoms with van der Waals surface area (Å²) < 4.78 is 10.0. The van der Waals surface area contributed by atoms with Gasteiger partial charge >= 0.3 is 0 Å². The van der Waals surface area contributed by atoms with Gasteiger partial charge in [-0.2, -0.15) is 0 Å². The molecule has 1 saturated heterocycles. The van der Waals surface area contributed by atoms with Gasteiger partial charge in [0.05, 0.1) is 19.8 Å². The molecule has 1 fully saturated rings. The van der Waals surface area contributed by atoms with Crippen LogP contribution in [0.5, 0.6) is 0 Å². The summed E-state index contributed by atoms with van der Waals surface area (Å²) in [7, 11) is 1.63. The maximum Gasteiger partial charge on any atom is 0.241 e. The molecular weight excluding hydrogens is 172 g/mol. The van der Waals surface area contributed by atoms with Gasteiger partial charge in [-0.15, -0.1) is 0 Å². The van der Waals surface area contributed by atoms with Crippen molar-refractivity contribution in [2.45, 2.75) is 6.04 Å². The molecular formula is C8H16N2O3. The number of amides is 1. The molecule has 0 aromatic heterocycles. The second-order valence-corrected chi connectivity index (χ2v) is 3.00. The van der Waals surface area contributed by atoms with Crippen molar-refractivity contribution in [2.24, 2.45) is 5.73 Å². The summed E-state index contributed by atoms with van der Waals surface area (Å²) in [6, 6.07) is -0.279. The Bertz CT molecular complexity index is 175. The lowest BCUT2D eigenvalue weighted by molar-refractivity contribution is -0.143. The highest BCUT2D eigenvalue weighted by atomic mass is 16.5. The highest BCUT2D eigenvalue weighted by molar-refractivity contribution is 5.87. The number of ether oxygens (including phenoxy) is 2. The fraction of sp³-hybridized carbons (Fsp3) is 0.875. The smallest absolute Gasteiger partial charge is 0.241 e. The van der Waals surface area contributed by atoms with Crippen molar-refractivity contribution in [3.8, 4) is 0 Å². The van der Waals surface area contributed by atoms with E-state index in [4.69, 9.17) is 15.2 Å². The predicted molar refractivity (Wildman–Crippen MR) is 47.3 cm³/mol. The Hall–Kier alpha value is -0.650. The van der Waals surface area contributed by atoms with Crippen LogP contribution in [-0.2, 0) is 14.3 Å². The molecule has 1 amide bonds.